The summed E-state index contributed by atoms with van der Waals surface area (Å²) in [5.41, 5.74) is -0.117. The lowest BCUT2D eigenvalue weighted by atomic mass is 9.95. The molecule has 5 amide bonds. The number of aldehydes is 2. The first-order valence-electron chi connectivity index (χ1n) is 18.9. The maximum atomic E-state index is 13.2. The van der Waals surface area contributed by atoms with Crippen LogP contribution < -0.4 is 16.0 Å². The van der Waals surface area contributed by atoms with Gasteiger partial charge in [0.15, 0.2) is 0 Å². The summed E-state index contributed by atoms with van der Waals surface area (Å²) in [6.45, 7) is 15.0. The second kappa shape index (κ2) is 31.5. The second-order valence-electron chi connectivity index (χ2n) is 14.8. The third-order valence-electron chi connectivity index (χ3n) is 7.91. The molecule has 0 bridgehead atoms. The first-order chi connectivity index (χ1) is 26.7. The van der Waals surface area contributed by atoms with E-state index in [2.05, 4.69) is 29.8 Å². The lowest BCUT2D eigenvalue weighted by molar-refractivity contribution is -0.153. The van der Waals surface area contributed by atoms with E-state index in [9.17, 15) is 46.8 Å². The van der Waals surface area contributed by atoms with E-state index in [-0.39, 0.29) is 30.1 Å². The average Bonchev–Trinajstić information content (AvgIpc) is 3.66. The number of nitrogens with one attached hydrogen (secondary N) is 3. The molecule has 1 aliphatic rings. The molecule has 1 aliphatic heterocycles. The normalized spacial score (nSPS) is 14.6. The standard InChI is InChI=1S/C23H43N3O4.C12H11FN2O4.C3H9N.2CH3F/c1-9-17(10-2)14-16(5)24-20(27)18-12-11-13-26(18)21(28)19(15(3)4)25-22(29)30-23(6,7)8;13-15(12(19)8-17)6-11(18)14-10(7-16)9-4-2-1-3-5-9;1-4(2)3;2*1-2/h15-19H,9-14H2,1-8H3,(H,24,27)(H,25,29);1-5,7-8,10H,6H2,(H,14,18);1-3H3;2*1H3. The number of ether oxygens (including phenoxy) is 1. The van der Waals surface area contributed by atoms with Crippen molar-refractivity contribution >= 4 is 42.3 Å². The van der Waals surface area contributed by atoms with Gasteiger partial charge in [-0.05, 0) is 85.5 Å². The number of halogens is 3. The highest BCUT2D eigenvalue weighted by atomic mass is 19.2. The minimum absolute atomic E-state index is 0.0701. The van der Waals surface area contributed by atoms with Crippen LogP contribution in [0.5, 0.6) is 0 Å². The highest BCUT2D eigenvalue weighted by Crippen LogP contribution is 2.22. The fraction of sp³-hybridized carbons (Fsp3) is 0.675. The van der Waals surface area contributed by atoms with Crippen molar-refractivity contribution < 1.29 is 51.6 Å². The number of carbonyl (C=O) groups excluding carboxylic acids is 7. The molecule has 3 N–H and O–H groups in total. The smallest absolute Gasteiger partial charge is 0.408 e. The van der Waals surface area contributed by atoms with Crippen molar-refractivity contribution in [2.45, 2.75) is 117 Å². The Morgan fingerprint density at radius 1 is 0.912 bits per heavy atom. The molecule has 0 spiro atoms. The van der Waals surface area contributed by atoms with Gasteiger partial charge in [-0.2, -0.15) is 5.12 Å². The van der Waals surface area contributed by atoms with Crippen LogP contribution in [0.2, 0.25) is 0 Å². The zero-order valence-electron chi connectivity index (χ0n) is 36.2. The summed E-state index contributed by atoms with van der Waals surface area (Å²) < 4.78 is 37.2. The van der Waals surface area contributed by atoms with E-state index >= 15 is 0 Å². The summed E-state index contributed by atoms with van der Waals surface area (Å²) in [6, 6.07) is 6.24. The minimum Gasteiger partial charge on any atom is -0.444 e. The third kappa shape index (κ3) is 25.4. The number of rotatable bonds is 15. The maximum absolute atomic E-state index is 13.2. The Hall–Kier alpha value is -4.54. The Labute approximate surface area is 337 Å². The van der Waals surface area contributed by atoms with Crippen molar-refractivity contribution in [1.82, 2.24) is 30.9 Å². The van der Waals surface area contributed by atoms with Crippen LogP contribution in [-0.2, 0) is 33.5 Å². The van der Waals surface area contributed by atoms with Gasteiger partial charge in [-0.15, -0.1) is 0 Å². The molecule has 1 saturated heterocycles. The van der Waals surface area contributed by atoms with Gasteiger partial charge in [0, 0.05) is 12.6 Å². The molecule has 14 nitrogen and oxygen atoms in total. The number of hydrogen-bond donors (Lipinski definition) is 3. The first kappa shape index (κ1) is 56.8. The zero-order valence-corrected chi connectivity index (χ0v) is 36.2. The molecule has 328 valence electrons. The van der Waals surface area contributed by atoms with E-state index in [1.165, 1.54) is 0 Å². The second-order valence-corrected chi connectivity index (χ2v) is 14.8. The lowest BCUT2D eigenvalue weighted by Gasteiger charge is -2.32. The lowest BCUT2D eigenvalue weighted by Crippen LogP contribution is -2.56. The van der Waals surface area contributed by atoms with Crippen LogP contribution in [0, 0.1) is 11.8 Å². The van der Waals surface area contributed by atoms with Crippen LogP contribution in [0.25, 0.3) is 0 Å². The Morgan fingerprint density at radius 2 is 1.44 bits per heavy atom. The summed E-state index contributed by atoms with van der Waals surface area (Å²) in [6.07, 6.45) is 4.17. The summed E-state index contributed by atoms with van der Waals surface area (Å²) >= 11 is 0. The third-order valence-corrected chi connectivity index (χ3v) is 7.91. The predicted molar refractivity (Wildman–Crippen MR) is 215 cm³/mol. The molecule has 17 heteroatoms. The highest BCUT2D eigenvalue weighted by Gasteiger charge is 2.39. The molecule has 1 heterocycles. The molecule has 1 aromatic carbocycles. The zero-order chi connectivity index (χ0) is 44.9. The Morgan fingerprint density at radius 3 is 1.88 bits per heavy atom. The number of alkyl carbamates (subject to hydrolysis) is 1. The fourth-order valence-electron chi connectivity index (χ4n) is 5.29. The summed E-state index contributed by atoms with van der Waals surface area (Å²) in [5, 5.41) is 7.51. The van der Waals surface area contributed by atoms with Crippen LogP contribution in [0.4, 0.5) is 18.1 Å². The van der Waals surface area contributed by atoms with Gasteiger partial charge in [0.25, 0.3) is 0 Å². The Balaban J connectivity index is -0.000000920. The molecule has 2 rings (SSSR count). The molecule has 4 unspecified atom stereocenters. The molecule has 0 aliphatic carbocycles. The molecule has 57 heavy (non-hydrogen) atoms. The van der Waals surface area contributed by atoms with Gasteiger partial charge in [-0.1, -0.05) is 75.3 Å². The van der Waals surface area contributed by atoms with Gasteiger partial charge in [-0.3, -0.25) is 32.8 Å². The molecule has 0 saturated carbocycles. The number of hydrogen-bond acceptors (Lipinski definition) is 9. The topological polar surface area (TPSA) is 175 Å². The van der Waals surface area contributed by atoms with Gasteiger partial charge in [0.2, 0.25) is 24.0 Å². The van der Waals surface area contributed by atoms with Crippen LogP contribution in [0.3, 0.4) is 0 Å². The van der Waals surface area contributed by atoms with Gasteiger partial charge >= 0.3 is 12.0 Å². The van der Waals surface area contributed by atoms with E-state index in [0.717, 1.165) is 25.7 Å². The SMILES string of the molecule is CCC(CC)CC(C)NC(=O)C1CCCN1C(=O)C(NC(=O)OC(C)(C)C)C(C)C.CF.CF.CN(C)C.O=CC(=O)N(F)CC(=O)NC(C=O)c1ccccc1. The van der Waals surface area contributed by atoms with Gasteiger partial charge in [-0.25, -0.2) is 4.79 Å². The summed E-state index contributed by atoms with van der Waals surface area (Å²) in [5.74, 6) is -2.20. The highest BCUT2D eigenvalue weighted by molar-refractivity contribution is 6.23. The van der Waals surface area contributed by atoms with Crippen LogP contribution in [-0.4, -0.2) is 130 Å². The van der Waals surface area contributed by atoms with E-state index in [1.54, 1.807) is 56.0 Å². The quantitative estimate of drug-likeness (QED) is 0.123. The van der Waals surface area contributed by atoms with Crippen molar-refractivity contribution in [2.75, 3.05) is 48.6 Å². The molecule has 0 aromatic heterocycles. The van der Waals surface area contributed by atoms with Crippen molar-refractivity contribution in [3.8, 4) is 0 Å². The number of benzene rings is 1. The Bertz CT molecular complexity index is 1310. The number of alkyl halides is 2. The predicted octanol–water partition coefficient (Wildman–Crippen LogP) is 5.16. The number of amides is 5. The van der Waals surface area contributed by atoms with Gasteiger partial charge in [0.1, 0.15) is 36.6 Å². The Kier molecular flexibility index (Phi) is 31.4. The van der Waals surface area contributed by atoms with Crippen LogP contribution in [0.1, 0.15) is 99.1 Å². The van der Waals surface area contributed by atoms with Crippen molar-refractivity contribution in [3.05, 3.63) is 35.9 Å². The van der Waals surface area contributed by atoms with Crippen molar-refractivity contribution in [2.24, 2.45) is 11.8 Å². The van der Waals surface area contributed by atoms with Crippen molar-refractivity contribution in [3.63, 3.8) is 0 Å². The first-order valence-corrected chi connectivity index (χ1v) is 18.9. The molecule has 0 radical (unpaired) electrons. The van der Waals surface area contributed by atoms with Gasteiger partial charge in [0.05, 0.1) is 14.4 Å². The minimum atomic E-state index is -1.46. The molecular formula is C40H69F3N6O8. The number of nitrogens with zero attached hydrogens (tertiary/aromatic N) is 3. The maximum Gasteiger partial charge on any atom is 0.408 e. The molecule has 1 fully saturated rings. The van der Waals surface area contributed by atoms with Crippen molar-refractivity contribution in [1.29, 1.82) is 0 Å². The summed E-state index contributed by atoms with van der Waals surface area (Å²) in [4.78, 5) is 84.9. The van der Waals surface area contributed by atoms with Crippen LogP contribution in [0.15, 0.2) is 30.3 Å². The molecular weight excluding hydrogens is 749 g/mol. The number of carbonyl (C=O) groups is 7. The summed E-state index contributed by atoms with van der Waals surface area (Å²) in [7, 11) is 7.00. The van der Waals surface area contributed by atoms with E-state index in [0.29, 0.717) is 45.1 Å². The molecule has 4 atom stereocenters. The fourth-order valence-corrected chi connectivity index (χ4v) is 5.29. The van der Waals surface area contributed by atoms with E-state index in [4.69, 9.17) is 4.74 Å². The largest absolute Gasteiger partial charge is 0.444 e. The number of likely N-dealkylation sites (tertiary alicyclic amines) is 1. The van der Waals surface area contributed by atoms with Gasteiger partial charge < -0.3 is 35.3 Å². The average molecular weight is 819 g/mol. The van der Waals surface area contributed by atoms with Crippen LogP contribution >= 0.6 is 0 Å². The van der Waals surface area contributed by atoms with E-state index < -0.39 is 53.3 Å². The molecule has 1 aromatic rings. The monoisotopic (exact) mass is 819 g/mol. The van der Waals surface area contributed by atoms with E-state index in [1.807, 2.05) is 46.8 Å².